The number of carbonyl (C=O) groups excluding carboxylic acids is 1. The second kappa shape index (κ2) is 7.72. The summed E-state index contributed by atoms with van der Waals surface area (Å²) in [4.78, 5) is 23.0. The van der Waals surface area contributed by atoms with Gasteiger partial charge in [0, 0.05) is 19.9 Å². The van der Waals surface area contributed by atoms with Crippen molar-refractivity contribution in [1.82, 2.24) is 19.7 Å². The highest BCUT2D eigenvalue weighted by Gasteiger charge is 2.32. The Hall–Kier alpha value is -1.96. The lowest BCUT2D eigenvalue weighted by Gasteiger charge is -2.31. The molecule has 1 aliphatic heterocycles. The van der Waals surface area contributed by atoms with E-state index in [1.807, 2.05) is 16.4 Å². The number of fused-ring (bicyclic) bond motifs is 1. The third kappa shape index (κ3) is 4.25. The first-order chi connectivity index (χ1) is 9.92. The second-order valence-corrected chi connectivity index (χ2v) is 4.90. The fraction of sp³-hybridized carbons (Fsp3) is 0.692. The minimum Gasteiger partial charge on any atom is -0.481 e. The Labute approximate surface area is 123 Å². The third-order valence-corrected chi connectivity index (χ3v) is 3.09. The van der Waals surface area contributed by atoms with E-state index in [1.165, 1.54) is 0 Å². The third-order valence-electron chi connectivity index (χ3n) is 3.09. The van der Waals surface area contributed by atoms with E-state index in [0.29, 0.717) is 19.5 Å². The van der Waals surface area contributed by atoms with Crippen LogP contribution in [0.2, 0.25) is 0 Å². The predicted molar refractivity (Wildman–Crippen MR) is 76.5 cm³/mol. The molecule has 0 unspecified atom stereocenters. The molecular formula is C13H23N5O3. The molecule has 0 radical (unpaired) electrons. The van der Waals surface area contributed by atoms with Crippen LogP contribution in [-0.4, -0.2) is 49.7 Å². The minimum absolute atomic E-state index is 0.150. The van der Waals surface area contributed by atoms with E-state index in [1.54, 1.807) is 0 Å². The van der Waals surface area contributed by atoms with Crippen molar-refractivity contribution in [3.05, 3.63) is 11.6 Å². The van der Waals surface area contributed by atoms with Gasteiger partial charge in [0.05, 0.1) is 6.54 Å². The standard InChI is InChI=1S/C11H19N5O.C2H4O2/c1-3-6-15-7-10-14-13-9(4-5-12)16(10)8(2)11(15)17;1-2(3)4/h8H,3-7,12H2,1-2H3;1H3,(H,3,4)/t8-;/m0./s1. The van der Waals surface area contributed by atoms with Gasteiger partial charge in [-0.3, -0.25) is 9.59 Å². The molecule has 0 aromatic carbocycles. The van der Waals surface area contributed by atoms with Crippen LogP contribution in [0.15, 0.2) is 0 Å². The van der Waals surface area contributed by atoms with Crippen molar-refractivity contribution in [3.63, 3.8) is 0 Å². The van der Waals surface area contributed by atoms with Gasteiger partial charge < -0.3 is 20.3 Å². The Morgan fingerprint density at radius 1 is 1.48 bits per heavy atom. The van der Waals surface area contributed by atoms with Gasteiger partial charge in [0.25, 0.3) is 5.97 Å². The predicted octanol–water partition coefficient (Wildman–Crippen LogP) is 0.183. The lowest BCUT2D eigenvalue weighted by molar-refractivity contribution is -0.137. The number of carboxylic acid groups (broad SMARTS) is 1. The molecule has 1 atom stereocenters. The van der Waals surface area contributed by atoms with Gasteiger partial charge in [-0.25, -0.2) is 0 Å². The van der Waals surface area contributed by atoms with Crippen LogP contribution in [0.3, 0.4) is 0 Å². The van der Waals surface area contributed by atoms with Crippen LogP contribution in [0.5, 0.6) is 0 Å². The molecule has 118 valence electrons. The number of carbonyl (C=O) groups is 2. The maximum atomic E-state index is 12.2. The van der Waals surface area contributed by atoms with Gasteiger partial charge in [-0.2, -0.15) is 0 Å². The lowest BCUT2D eigenvalue weighted by atomic mass is 10.2. The SMILES string of the molecule is CC(=O)O.CCCN1Cc2nnc(CCN)n2[C@@H](C)C1=O. The van der Waals surface area contributed by atoms with Crippen LogP contribution in [0.25, 0.3) is 0 Å². The summed E-state index contributed by atoms with van der Waals surface area (Å²) in [6.45, 7) is 6.92. The Morgan fingerprint density at radius 3 is 2.62 bits per heavy atom. The maximum Gasteiger partial charge on any atom is 0.300 e. The van der Waals surface area contributed by atoms with E-state index < -0.39 is 5.97 Å². The van der Waals surface area contributed by atoms with Gasteiger partial charge in [-0.05, 0) is 19.9 Å². The summed E-state index contributed by atoms with van der Waals surface area (Å²) in [6.07, 6.45) is 1.63. The molecule has 0 fully saturated rings. The van der Waals surface area contributed by atoms with Gasteiger partial charge in [0.1, 0.15) is 11.9 Å². The Kier molecular flexibility index (Phi) is 6.29. The summed E-state index contributed by atoms with van der Waals surface area (Å²) in [7, 11) is 0. The summed E-state index contributed by atoms with van der Waals surface area (Å²) < 4.78 is 1.93. The van der Waals surface area contributed by atoms with E-state index in [4.69, 9.17) is 15.6 Å². The molecule has 0 bridgehead atoms. The van der Waals surface area contributed by atoms with Crippen molar-refractivity contribution in [2.75, 3.05) is 13.1 Å². The average Bonchev–Trinajstić information content (AvgIpc) is 2.79. The van der Waals surface area contributed by atoms with E-state index in [-0.39, 0.29) is 11.9 Å². The molecule has 8 heteroatoms. The van der Waals surface area contributed by atoms with Crippen LogP contribution < -0.4 is 5.73 Å². The van der Waals surface area contributed by atoms with Crippen molar-refractivity contribution in [3.8, 4) is 0 Å². The van der Waals surface area contributed by atoms with E-state index in [9.17, 15) is 4.79 Å². The quantitative estimate of drug-likeness (QED) is 0.819. The molecule has 1 amide bonds. The smallest absolute Gasteiger partial charge is 0.300 e. The topological polar surface area (TPSA) is 114 Å². The fourth-order valence-corrected chi connectivity index (χ4v) is 2.30. The molecule has 1 aromatic heterocycles. The van der Waals surface area contributed by atoms with Crippen molar-refractivity contribution in [2.45, 2.75) is 46.2 Å². The first-order valence-electron chi connectivity index (χ1n) is 7.03. The number of hydrogen-bond acceptors (Lipinski definition) is 5. The second-order valence-electron chi connectivity index (χ2n) is 4.90. The first kappa shape index (κ1) is 17.1. The van der Waals surface area contributed by atoms with Crippen molar-refractivity contribution >= 4 is 11.9 Å². The van der Waals surface area contributed by atoms with Gasteiger partial charge in [0.2, 0.25) is 5.91 Å². The number of nitrogens with two attached hydrogens (primary N) is 1. The van der Waals surface area contributed by atoms with Crippen molar-refractivity contribution in [2.24, 2.45) is 5.73 Å². The van der Waals surface area contributed by atoms with Crippen LogP contribution in [0.1, 0.15) is 44.9 Å². The number of carboxylic acids is 1. The number of aromatic nitrogens is 3. The van der Waals surface area contributed by atoms with E-state index in [0.717, 1.165) is 31.5 Å². The van der Waals surface area contributed by atoms with Crippen LogP contribution in [0.4, 0.5) is 0 Å². The van der Waals surface area contributed by atoms with Crippen LogP contribution in [0, 0.1) is 0 Å². The number of rotatable bonds is 4. The number of hydrogen-bond donors (Lipinski definition) is 2. The zero-order valence-corrected chi connectivity index (χ0v) is 12.7. The summed E-state index contributed by atoms with van der Waals surface area (Å²) >= 11 is 0. The zero-order valence-electron chi connectivity index (χ0n) is 12.7. The highest BCUT2D eigenvalue weighted by molar-refractivity contribution is 5.81. The highest BCUT2D eigenvalue weighted by Crippen LogP contribution is 2.22. The average molecular weight is 297 g/mol. The Morgan fingerprint density at radius 2 is 2.10 bits per heavy atom. The number of nitrogens with zero attached hydrogens (tertiary/aromatic N) is 4. The van der Waals surface area contributed by atoms with Gasteiger partial charge >= 0.3 is 0 Å². The molecule has 1 aromatic rings. The van der Waals surface area contributed by atoms with Crippen LogP contribution >= 0.6 is 0 Å². The number of amides is 1. The minimum atomic E-state index is -0.833. The summed E-state index contributed by atoms with van der Waals surface area (Å²) in [5.74, 6) is 1.01. The molecule has 2 rings (SSSR count). The van der Waals surface area contributed by atoms with Gasteiger partial charge in [-0.15, -0.1) is 10.2 Å². The highest BCUT2D eigenvalue weighted by atomic mass is 16.4. The monoisotopic (exact) mass is 297 g/mol. The molecule has 0 spiro atoms. The molecule has 0 aliphatic carbocycles. The normalized spacial score (nSPS) is 17.0. The van der Waals surface area contributed by atoms with Gasteiger partial charge in [0.15, 0.2) is 5.82 Å². The first-order valence-corrected chi connectivity index (χ1v) is 7.03. The molecule has 3 N–H and O–H groups in total. The van der Waals surface area contributed by atoms with Gasteiger partial charge in [-0.1, -0.05) is 6.92 Å². The molecule has 21 heavy (non-hydrogen) atoms. The van der Waals surface area contributed by atoms with Crippen molar-refractivity contribution < 1.29 is 14.7 Å². The lowest BCUT2D eigenvalue weighted by Crippen LogP contribution is -2.42. The fourth-order valence-electron chi connectivity index (χ4n) is 2.30. The number of aliphatic carboxylic acids is 1. The zero-order chi connectivity index (χ0) is 16.0. The molecule has 2 heterocycles. The molecule has 1 aliphatic rings. The van der Waals surface area contributed by atoms with E-state index in [2.05, 4.69) is 17.1 Å². The molecule has 0 saturated carbocycles. The summed E-state index contributed by atoms with van der Waals surface area (Å²) in [6, 6.07) is -0.207. The van der Waals surface area contributed by atoms with Crippen LogP contribution in [-0.2, 0) is 22.6 Å². The Balaban J connectivity index is 0.000000491. The summed E-state index contributed by atoms with van der Waals surface area (Å²) in [5, 5.41) is 15.7. The Bertz CT molecular complexity index is 496. The molecule has 8 nitrogen and oxygen atoms in total. The van der Waals surface area contributed by atoms with E-state index >= 15 is 0 Å². The van der Waals surface area contributed by atoms with Crippen molar-refractivity contribution in [1.29, 1.82) is 0 Å². The largest absolute Gasteiger partial charge is 0.481 e. The molecular weight excluding hydrogens is 274 g/mol. The molecule has 0 saturated heterocycles. The summed E-state index contributed by atoms with van der Waals surface area (Å²) in [5.41, 5.74) is 5.53. The maximum absolute atomic E-state index is 12.2.